The second-order valence-corrected chi connectivity index (χ2v) is 5.27. The van der Waals surface area contributed by atoms with Crippen LogP contribution < -0.4 is 0 Å². The first-order valence-electron chi connectivity index (χ1n) is 5.73. The van der Waals surface area contributed by atoms with Gasteiger partial charge in [-0.15, -0.1) is 0 Å². The summed E-state index contributed by atoms with van der Waals surface area (Å²) in [4.78, 5) is 12.7. The van der Waals surface area contributed by atoms with Crippen molar-refractivity contribution in [2.75, 3.05) is 0 Å². The number of aromatic nitrogens is 4. The topological polar surface area (TPSA) is 63.8 Å². The molecular formula is C12H16N4OS. The molecule has 2 rings (SSSR count). The van der Waals surface area contributed by atoms with E-state index >= 15 is 0 Å². The normalized spacial score (nSPS) is 11.2. The van der Waals surface area contributed by atoms with Gasteiger partial charge in [-0.05, 0) is 23.7 Å². The van der Waals surface area contributed by atoms with E-state index in [2.05, 4.69) is 28.8 Å². The van der Waals surface area contributed by atoms with Gasteiger partial charge in [0.15, 0.2) is 5.16 Å². The number of rotatable bonds is 4. The second-order valence-electron chi connectivity index (χ2n) is 4.29. The first-order chi connectivity index (χ1) is 8.61. The first kappa shape index (κ1) is 13.0. The molecule has 0 unspecified atom stereocenters. The van der Waals surface area contributed by atoms with Crippen molar-refractivity contribution in [3.63, 3.8) is 0 Å². The summed E-state index contributed by atoms with van der Waals surface area (Å²) in [6, 6.07) is 1.97. The summed E-state index contributed by atoms with van der Waals surface area (Å²) in [6.45, 7) is 4.19. The van der Waals surface area contributed by atoms with Gasteiger partial charge in [0, 0.05) is 12.7 Å². The van der Waals surface area contributed by atoms with Gasteiger partial charge in [-0.25, -0.2) is 15.0 Å². The van der Waals surface area contributed by atoms with Crippen LogP contribution >= 0.6 is 11.8 Å². The predicted molar refractivity (Wildman–Crippen MR) is 69.4 cm³/mol. The maximum atomic E-state index is 9.12. The van der Waals surface area contributed by atoms with Crippen molar-refractivity contribution in [1.82, 2.24) is 19.5 Å². The van der Waals surface area contributed by atoms with Crippen molar-refractivity contribution in [3.8, 4) is 0 Å². The average Bonchev–Trinajstić information content (AvgIpc) is 2.71. The maximum Gasteiger partial charge on any atom is 0.174 e. The fourth-order valence-corrected chi connectivity index (χ4v) is 2.31. The minimum absolute atomic E-state index is 0.00885. The van der Waals surface area contributed by atoms with E-state index in [1.165, 1.54) is 11.8 Å². The number of hydrogen-bond donors (Lipinski definition) is 1. The Bertz CT molecular complexity index is 539. The van der Waals surface area contributed by atoms with Crippen LogP contribution in [0.2, 0.25) is 0 Å². The Morgan fingerprint density at radius 3 is 2.72 bits per heavy atom. The predicted octanol–water partition coefficient (Wildman–Crippen LogP) is 1.98. The van der Waals surface area contributed by atoms with E-state index in [0.29, 0.717) is 5.92 Å². The fraction of sp³-hybridized carbons (Fsp3) is 0.417. The fourth-order valence-electron chi connectivity index (χ4n) is 1.49. The van der Waals surface area contributed by atoms with Crippen LogP contribution in [0.4, 0.5) is 0 Å². The molecule has 0 atom stereocenters. The van der Waals surface area contributed by atoms with Crippen LogP contribution in [0.25, 0.3) is 0 Å². The number of imidazole rings is 1. The molecule has 2 heterocycles. The molecule has 0 spiro atoms. The molecule has 0 aliphatic carbocycles. The van der Waals surface area contributed by atoms with Crippen molar-refractivity contribution in [2.45, 2.75) is 36.6 Å². The minimum atomic E-state index is -0.00885. The number of aliphatic hydroxyl groups is 1. The number of aliphatic hydroxyl groups excluding tert-OH is 1. The number of nitrogens with zero attached hydrogens (tertiary/aromatic N) is 4. The molecule has 0 aliphatic rings. The molecule has 2 aromatic heterocycles. The zero-order chi connectivity index (χ0) is 13.1. The molecule has 0 aromatic carbocycles. The first-order valence-corrected chi connectivity index (χ1v) is 6.54. The lowest BCUT2D eigenvalue weighted by Crippen LogP contribution is -1.98. The van der Waals surface area contributed by atoms with E-state index in [4.69, 9.17) is 5.11 Å². The van der Waals surface area contributed by atoms with Crippen molar-refractivity contribution < 1.29 is 5.11 Å². The Labute approximate surface area is 110 Å². The summed E-state index contributed by atoms with van der Waals surface area (Å²) < 4.78 is 1.86. The third-order valence-electron chi connectivity index (χ3n) is 2.65. The third-order valence-corrected chi connectivity index (χ3v) is 3.65. The van der Waals surface area contributed by atoms with Gasteiger partial charge < -0.3 is 9.67 Å². The molecule has 0 aliphatic heterocycles. The van der Waals surface area contributed by atoms with E-state index in [1.54, 1.807) is 12.5 Å². The van der Waals surface area contributed by atoms with Gasteiger partial charge >= 0.3 is 0 Å². The Kier molecular flexibility index (Phi) is 3.98. The molecule has 0 amide bonds. The van der Waals surface area contributed by atoms with Gasteiger partial charge in [-0.1, -0.05) is 13.8 Å². The Hall–Kier alpha value is -1.40. The summed E-state index contributed by atoms with van der Waals surface area (Å²) in [5, 5.41) is 10.8. The van der Waals surface area contributed by atoms with E-state index < -0.39 is 0 Å². The highest BCUT2D eigenvalue weighted by molar-refractivity contribution is 7.99. The van der Waals surface area contributed by atoms with E-state index in [9.17, 15) is 0 Å². The van der Waals surface area contributed by atoms with Crippen LogP contribution in [-0.4, -0.2) is 24.6 Å². The highest BCUT2D eigenvalue weighted by atomic mass is 32.2. The average molecular weight is 264 g/mol. The van der Waals surface area contributed by atoms with Crippen LogP contribution in [-0.2, 0) is 13.7 Å². The summed E-state index contributed by atoms with van der Waals surface area (Å²) in [7, 11) is 1.88. The molecule has 0 saturated carbocycles. The maximum absolute atomic E-state index is 9.12. The van der Waals surface area contributed by atoms with Gasteiger partial charge in [-0.3, -0.25) is 0 Å². The Balaban J connectivity index is 2.23. The molecule has 0 saturated heterocycles. The standard InChI is InChI=1S/C12H16N4OS/c1-8(2)10-4-11(15-7-14-10)18-12-13-5-9(6-17)16(12)3/h4-5,7-8,17H,6H2,1-3H3. The monoisotopic (exact) mass is 264 g/mol. The van der Waals surface area contributed by atoms with Gasteiger partial charge in [0.2, 0.25) is 0 Å². The van der Waals surface area contributed by atoms with Gasteiger partial charge in [0.25, 0.3) is 0 Å². The highest BCUT2D eigenvalue weighted by Crippen LogP contribution is 2.26. The van der Waals surface area contributed by atoms with Crippen molar-refractivity contribution in [3.05, 3.63) is 30.0 Å². The van der Waals surface area contributed by atoms with Gasteiger partial charge in [0.05, 0.1) is 18.5 Å². The lowest BCUT2D eigenvalue weighted by atomic mass is 10.1. The number of hydrogen-bond acceptors (Lipinski definition) is 5. The van der Waals surface area contributed by atoms with Crippen LogP contribution in [0.1, 0.15) is 31.2 Å². The quantitative estimate of drug-likeness (QED) is 0.855. The molecule has 0 radical (unpaired) electrons. The summed E-state index contributed by atoms with van der Waals surface area (Å²) in [6.07, 6.45) is 3.25. The Morgan fingerprint density at radius 2 is 2.11 bits per heavy atom. The van der Waals surface area contributed by atoms with E-state index in [-0.39, 0.29) is 6.61 Å². The molecule has 0 fully saturated rings. The van der Waals surface area contributed by atoms with Crippen molar-refractivity contribution in [2.24, 2.45) is 7.05 Å². The van der Waals surface area contributed by atoms with Crippen LogP contribution in [0, 0.1) is 0 Å². The van der Waals surface area contributed by atoms with Crippen LogP contribution in [0.15, 0.2) is 28.8 Å². The highest BCUT2D eigenvalue weighted by Gasteiger charge is 2.10. The minimum Gasteiger partial charge on any atom is -0.390 e. The smallest absolute Gasteiger partial charge is 0.174 e. The van der Waals surface area contributed by atoms with E-state index in [1.807, 2.05) is 17.7 Å². The summed E-state index contributed by atoms with van der Waals surface area (Å²) in [5.41, 5.74) is 1.81. The SMILES string of the molecule is CC(C)c1cc(Sc2ncc(CO)n2C)ncn1. The van der Waals surface area contributed by atoms with Gasteiger partial charge in [-0.2, -0.15) is 0 Å². The lowest BCUT2D eigenvalue weighted by Gasteiger charge is -2.06. The molecule has 1 N–H and O–H groups in total. The largest absolute Gasteiger partial charge is 0.390 e. The zero-order valence-electron chi connectivity index (χ0n) is 10.7. The lowest BCUT2D eigenvalue weighted by molar-refractivity contribution is 0.271. The third kappa shape index (κ3) is 2.70. The van der Waals surface area contributed by atoms with Crippen LogP contribution in [0.5, 0.6) is 0 Å². The zero-order valence-corrected chi connectivity index (χ0v) is 11.5. The van der Waals surface area contributed by atoms with Crippen LogP contribution in [0.3, 0.4) is 0 Å². The summed E-state index contributed by atoms with van der Waals surface area (Å²) >= 11 is 1.47. The molecule has 5 nitrogen and oxygen atoms in total. The molecule has 18 heavy (non-hydrogen) atoms. The summed E-state index contributed by atoms with van der Waals surface area (Å²) in [5.74, 6) is 0.377. The second kappa shape index (κ2) is 5.49. The molecule has 96 valence electrons. The molecular weight excluding hydrogens is 248 g/mol. The molecule has 2 aromatic rings. The van der Waals surface area contributed by atoms with Gasteiger partial charge in [0.1, 0.15) is 11.4 Å². The molecule has 6 heteroatoms. The molecule has 0 bridgehead atoms. The van der Waals surface area contributed by atoms with Crippen molar-refractivity contribution >= 4 is 11.8 Å². The Morgan fingerprint density at radius 1 is 1.33 bits per heavy atom. The van der Waals surface area contributed by atoms with Crippen molar-refractivity contribution in [1.29, 1.82) is 0 Å². The van der Waals surface area contributed by atoms with E-state index in [0.717, 1.165) is 21.6 Å².